The van der Waals surface area contributed by atoms with E-state index >= 15 is 0 Å². The molecule has 3 atom stereocenters. The third kappa shape index (κ3) is 3.35. The normalized spacial score (nSPS) is 25.8. The van der Waals surface area contributed by atoms with Gasteiger partial charge in [-0.15, -0.1) is 0 Å². The third-order valence-electron chi connectivity index (χ3n) is 5.81. The van der Waals surface area contributed by atoms with Crippen LogP contribution in [0.3, 0.4) is 0 Å². The molecule has 142 valence electrons. The quantitative estimate of drug-likeness (QED) is 0.795. The molecule has 4 nitrogen and oxygen atoms in total. The number of nitrogens with zero attached hydrogens (tertiary/aromatic N) is 1. The average molecular weight is 365 g/mol. The Hall–Kier alpha value is -2.30. The average Bonchev–Trinajstić information content (AvgIpc) is 3.01. The summed E-state index contributed by atoms with van der Waals surface area (Å²) in [6.07, 6.45) is 5.11. The molecule has 4 rings (SSSR count). The summed E-state index contributed by atoms with van der Waals surface area (Å²) in [5, 5.41) is 10.1. The lowest BCUT2D eigenvalue weighted by molar-refractivity contribution is 0.0806. The van der Waals surface area contributed by atoms with Gasteiger partial charge in [0.2, 0.25) is 0 Å². The van der Waals surface area contributed by atoms with E-state index < -0.39 is 6.10 Å². The minimum Gasteiger partial charge on any atom is -0.493 e. The van der Waals surface area contributed by atoms with Crippen LogP contribution in [-0.4, -0.2) is 42.9 Å². The van der Waals surface area contributed by atoms with Crippen LogP contribution in [0.15, 0.2) is 60.7 Å². The lowest BCUT2D eigenvalue weighted by atomic mass is 9.70. The maximum Gasteiger partial charge on any atom is 0.165 e. The summed E-state index contributed by atoms with van der Waals surface area (Å²) >= 11 is 0. The summed E-state index contributed by atoms with van der Waals surface area (Å²) in [5.41, 5.74) is 2.27. The second-order valence-corrected chi connectivity index (χ2v) is 7.62. The van der Waals surface area contributed by atoms with Crippen molar-refractivity contribution in [2.24, 2.45) is 0 Å². The Balaban J connectivity index is 1.58. The van der Waals surface area contributed by atoms with Crippen molar-refractivity contribution in [1.29, 1.82) is 0 Å². The van der Waals surface area contributed by atoms with Crippen molar-refractivity contribution in [2.45, 2.75) is 37.0 Å². The summed E-state index contributed by atoms with van der Waals surface area (Å²) in [5.74, 6) is 1.59. The van der Waals surface area contributed by atoms with Crippen LogP contribution in [0.25, 0.3) is 0 Å². The first kappa shape index (κ1) is 18.1. The third-order valence-corrected chi connectivity index (χ3v) is 5.81. The zero-order valence-corrected chi connectivity index (χ0v) is 16.0. The van der Waals surface area contributed by atoms with Gasteiger partial charge in [-0.3, -0.25) is 0 Å². The van der Waals surface area contributed by atoms with Gasteiger partial charge in [0.15, 0.2) is 11.5 Å². The Labute approximate surface area is 161 Å². The summed E-state index contributed by atoms with van der Waals surface area (Å²) in [7, 11) is 3.83. The number of hydrogen-bond donors (Lipinski definition) is 1. The number of para-hydroxylation sites is 1. The highest BCUT2D eigenvalue weighted by Gasteiger charge is 2.50. The van der Waals surface area contributed by atoms with Crippen LogP contribution in [0.4, 0.5) is 0 Å². The van der Waals surface area contributed by atoms with E-state index in [1.165, 1.54) is 11.1 Å². The summed E-state index contributed by atoms with van der Waals surface area (Å²) < 4.78 is 11.8. The largest absolute Gasteiger partial charge is 0.493 e. The molecule has 2 aromatic carbocycles. The Morgan fingerprint density at radius 1 is 1.19 bits per heavy atom. The van der Waals surface area contributed by atoms with E-state index in [4.69, 9.17) is 9.47 Å². The van der Waals surface area contributed by atoms with Crippen molar-refractivity contribution in [1.82, 2.24) is 4.90 Å². The molecule has 2 aromatic rings. The fourth-order valence-corrected chi connectivity index (χ4v) is 4.35. The molecule has 2 aliphatic rings. The summed E-state index contributed by atoms with van der Waals surface area (Å²) in [6, 6.07) is 16.6. The molecule has 27 heavy (non-hydrogen) atoms. The molecule has 4 heteroatoms. The van der Waals surface area contributed by atoms with Crippen LogP contribution in [0, 0.1) is 0 Å². The molecular formula is C23H27NO3. The van der Waals surface area contributed by atoms with Gasteiger partial charge in [0.25, 0.3) is 0 Å². The number of aliphatic hydroxyl groups excluding tert-OH is 1. The van der Waals surface area contributed by atoms with Crippen molar-refractivity contribution in [3.8, 4) is 11.5 Å². The van der Waals surface area contributed by atoms with E-state index in [1.807, 2.05) is 24.3 Å². The first-order valence-corrected chi connectivity index (χ1v) is 9.56. The van der Waals surface area contributed by atoms with Crippen LogP contribution < -0.4 is 9.47 Å². The predicted molar refractivity (Wildman–Crippen MR) is 106 cm³/mol. The van der Waals surface area contributed by atoms with Gasteiger partial charge in [0, 0.05) is 18.5 Å². The summed E-state index contributed by atoms with van der Waals surface area (Å²) in [4.78, 5) is 2.35. The number of ether oxygens (including phenoxy) is 2. The minimum atomic E-state index is -0.453. The molecule has 1 aliphatic carbocycles. The number of rotatable bonds is 6. The van der Waals surface area contributed by atoms with E-state index in [9.17, 15) is 5.11 Å². The molecule has 0 unspecified atom stereocenters. The minimum absolute atomic E-state index is 0.0612. The zero-order valence-electron chi connectivity index (χ0n) is 16.0. The van der Waals surface area contributed by atoms with Crippen LogP contribution >= 0.6 is 0 Å². The molecule has 1 N–H and O–H groups in total. The van der Waals surface area contributed by atoms with E-state index in [2.05, 4.69) is 48.4 Å². The van der Waals surface area contributed by atoms with Crippen molar-refractivity contribution in [2.75, 3.05) is 20.7 Å². The Morgan fingerprint density at radius 2 is 2.00 bits per heavy atom. The van der Waals surface area contributed by atoms with Crippen molar-refractivity contribution in [3.05, 3.63) is 71.8 Å². The molecule has 1 aliphatic heterocycles. The first-order valence-electron chi connectivity index (χ1n) is 9.56. The van der Waals surface area contributed by atoms with Gasteiger partial charge in [0.05, 0.1) is 18.6 Å². The van der Waals surface area contributed by atoms with Crippen molar-refractivity contribution >= 4 is 0 Å². The summed E-state index contributed by atoms with van der Waals surface area (Å²) in [6.45, 7) is 1.85. The Bertz CT molecular complexity index is 820. The fraction of sp³-hybridized carbons (Fsp3) is 0.391. The first-order chi connectivity index (χ1) is 13.1. The van der Waals surface area contributed by atoms with E-state index in [-0.39, 0.29) is 11.5 Å². The lowest BCUT2D eigenvalue weighted by Gasteiger charge is -2.37. The van der Waals surface area contributed by atoms with Crippen LogP contribution in [0.1, 0.15) is 24.0 Å². The fourth-order valence-electron chi connectivity index (χ4n) is 4.35. The molecule has 0 radical (unpaired) electrons. The SMILES string of the molecule is COc1cccc2c1O[C@H]1C[C@@H](O)C=C[C@@]21CCN(C)Cc1ccccc1. The van der Waals surface area contributed by atoms with Gasteiger partial charge in [-0.25, -0.2) is 0 Å². The molecule has 0 bridgehead atoms. The Morgan fingerprint density at radius 3 is 2.78 bits per heavy atom. The molecular weight excluding hydrogens is 338 g/mol. The molecule has 0 spiro atoms. The van der Waals surface area contributed by atoms with Gasteiger partial charge in [-0.05, 0) is 31.6 Å². The van der Waals surface area contributed by atoms with Gasteiger partial charge in [-0.2, -0.15) is 0 Å². The predicted octanol–water partition coefficient (Wildman–Crippen LogP) is 3.54. The maximum absolute atomic E-state index is 10.1. The standard InChI is InChI=1S/C23H27NO3/c1-24(16-17-7-4-3-5-8-17)14-13-23-12-11-18(25)15-21(23)27-22-19(23)9-6-10-20(22)26-2/h3-12,18,21,25H,13-16H2,1-2H3/t18-,21-,23+/m0/s1. The molecule has 0 saturated carbocycles. The maximum atomic E-state index is 10.1. The van der Waals surface area contributed by atoms with Crippen LogP contribution in [0.5, 0.6) is 11.5 Å². The highest BCUT2D eigenvalue weighted by Crippen LogP contribution is 2.53. The van der Waals surface area contributed by atoms with E-state index in [0.717, 1.165) is 31.0 Å². The van der Waals surface area contributed by atoms with Crippen LogP contribution in [-0.2, 0) is 12.0 Å². The van der Waals surface area contributed by atoms with E-state index in [1.54, 1.807) is 7.11 Å². The highest BCUT2D eigenvalue weighted by molar-refractivity contribution is 5.56. The van der Waals surface area contributed by atoms with Crippen LogP contribution in [0.2, 0.25) is 0 Å². The monoisotopic (exact) mass is 365 g/mol. The number of methoxy groups -OCH3 is 1. The lowest BCUT2D eigenvalue weighted by Crippen LogP contribution is -2.43. The Kier molecular flexibility index (Phi) is 4.94. The molecule has 1 heterocycles. The van der Waals surface area contributed by atoms with Gasteiger partial charge >= 0.3 is 0 Å². The smallest absolute Gasteiger partial charge is 0.165 e. The molecule has 0 saturated heterocycles. The number of hydrogen-bond acceptors (Lipinski definition) is 4. The molecule has 0 aromatic heterocycles. The molecule has 0 amide bonds. The molecule has 0 fully saturated rings. The van der Waals surface area contributed by atoms with Gasteiger partial charge in [-0.1, -0.05) is 54.6 Å². The van der Waals surface area contributed by atoms with Crippen molar-refractivity contribution in [3.63, 3.8) is 0 Å². The second-order valence-electron chi connectivity index (χ2n) is 7.62. The number of aliphatic hydroxyl groups is 1. The van der Waals surface area contributed by atoms with Gasteiger partial charge in [0.1, 0.15) is 6.10 Å². The zero-order chi connectivity index (χ0) is 18.9. The highest BCUT2D eigenvalue weighted by atomic mass is 16.5. The van der Waals surface area contributed by atoms with Gasteiger partial charge < -0.3 is 19.5 Å². The number of fused-ring (bicyclic) bond motifs is 3. The second kappa shape index (κ2) is 7.37. The topological polar surface area (TPSA) is 41.9 Å². The number of benzene rings is 2. The van der Waals surface area contributed by atoms with E-state index in [0.29, 0.717) is 6.42 Å². The van der Waals surface area contributed by atoms with Crippen molar-refractivity contribution < 1.29 is 14.6 Å².